The van der Waals surface area contributed by atoms with Crippen LogP contribution in [0.2, 0.25) is 0 Å². The van der Waals surface area contributed by atoms with E-state index < -0.39 is 10.1 Å². The van der Waals surface area contributed by atoms with E-state index in [4.69, 9.17) is 0 Å². The van der Waals surface area contributed by atoms with E-state index in [1.165, 1.54) is 0 Å². The van der Waals surface area contributed by atoms with Crippen molar-refractivity contribution >= 4 is 10.1 Å². The zero-order valence-corrected chi connectivity index (χ0v) is 5.02. The molecular formula is C4H6O3S. The van der Waals surface area contributed by atoms with Gasteiger partial charge in [-0.05, 0) is 6.42 Å². The van der Waals surface area contributed by atoms with Crippen molar-refractivity contribution in [1.82, 2.24) is 0 Å². The van der Waals surface area contributed by atoms with E-state index in [2.05, 4.69) is 4.18 Å². The zero-order valence-electron chi connectivity index (χ0n) is 4.20. The molecule has 0 bridgehead atoms. The van der Waals surface area contributed by atoms with Crippen molar-refractivity contribution in [3.8, 4) is 0 Å². The molecule has 0 N–H and O–H groups in total. The van der Waals surface area contributed by atoms with Gasteiger partial charge in [-0.2, -0.15) is 8.42 Å². The van der Waals surface area contributed by atoms with E-state index in [-0.39, 0.29) is 0 Å². The lowest BCUT2D eigenvalue weighted by molar-refractivity contribution is 0.325. The van der Waals surface area contributed by atoms with Gasteiger partial charge < -0.3 is 0 Å². The van der Waals surface area contributed by atoms with Crippen LogP contribution < -0.4 is 0 Å². The number of hydrogen-bond donors (Lipinski definition) is 0. The van der Waals surface area contributed by atoms with Gasteiger partial charge in [0.2, 0.25) is 0 Å². The molecule has 0 amide bonds. The first kappa shape index (κ1) is 5.78. The van der Waals surface area contributed by atoms with Crippen LogP contribution >= 0.6 is 0 Å². The molecule has 0 unspecified atom stereocenters. The van der Waals surface area contributed by atoms with Gasteiger partial charge in [-0.15, -0.1) is 0 Å². The van der Waals surface area contributed by atoms with Crippen LogP contribution in [-0.2, 0) is 14.3 Å². The third-order valence-electron chi connectivity index (χ3n) is 0.795. The summed E-state index contributed by atoms with van der Waals surface area (Å²) >= 11 is 0. The smallest absolute Gasteiger partial charge is 0.267 e. The second kappa shape index (κ2) is 1.87. The van der Waals surface area contributed by atoms with Gasteiger partial charge in [0.1, 0.15) is 0 Å². The summed E-state index contributed by atoms with van der Waals surface area (Å²) in [6.45, 7) is 0.291. The van der Waals surface area contributed by atoms with Crippen LogP contribution in [0.5, 0.6) is 0 Å². The molecule has 8 heavy (non-hydrogen) atoms. The molecule has 4 heteroatoms. The molecule has 0 radical (unpaired) electrons. The van der Waals surface area contributed by atoms with Gasteiger partial charge in [-0.3, -0.25) is 4.18 Å². The van der Waals surface area contributed by atoms with Gasteiger partial charge in [-0.25, -0.2) is 0 Å². The minimum absolute atomic E-state index is 0.291. The van der Waals surface area contributed by atoms with Crippen molar-refractivity contribution in [2.45, 2.75) is 6.42 Å². The van der Waals surface area contributed by atoms with Crippen LogP contribution in [0.15, 0.2) is 11.5 Å². The molecule has 0 saturated carbocycles. The average Bonchev–Trinajstić information content (AvgIpc) is 1.65. The molecule has 1 rings (SSSR count). The molecule has 1 heterocycles. The van der Waals surface area contributed by atoms with Gasteiger partial charge in [0.25, 0.3) is 10.1 Å². The van der Waals surface area contributed by atoms with Gasteiger partial charge in [0.15, 0.2) is 0 Å². The number of hydrogen-bond acceptors (Lipinski definition) is 3. The van der Waals surface area contributed by atoms with Gasteiger partial charge in [0, 0.05) is 0 Å². The maximum Gasteiger partial charge on any atom is 0.289 e. The summed E-state index contributed by atoms with van der Waals surface area (Å²) in [5.41, 5.74) is 0. The van der Waals surface area contributed by atoms with E-state index in [9.17, 15) is 8.42 Å². The Labute approximate surface area is 48.1 Å². The molecule has 0 atom stereocenters. The molecule has 3 nitrogen and oxygen atoms in total. The molecular weight excluding hydrogens is 128 g/mol. The van der Waals surface area contributed by atoms with Crippen LogP contribution in [-0.4, -0.2) is 15.0 Å². The molecule has 0 aromatic carbocycles. The summed E-state index contributed by atoms with van der Waals surface area (Å²) in [5.74, 6) is 0. The molecule has 1 aliphatic heterocycles. The van der Waals surface area contributed by atoms with E-state index >= 15 is 0 Å². The highest BCUT2D eigenvalue weighted by molar-refractivity contribution is 7.89. The minimum atomic E-state index is -3.26. The second-order valence-corrected chi connectivity index (χ2v) is 2.97. The normalized spacial score (nSPS) is 25.5. The Hall–Kier alpha value is -0.350. The second-order valence-electron chi connectivity index (χ2n) is 1.48. The van der Waals surface area contributed by atoms with E-state index in [1.807, 2.05) is 0 Å². The fourth-order valence-corrected chi connectivity index (χ4v) is 1.24. The van der Waals surface area contributed by atoms with Gasteiger partial charge in [-0.1, -0.05) is 6.08 Å². The molecule has 0 fully saturated rings. The average molecular weight is 134 g/mol. The molecule has 0 aromatic rings. The fraction of sp³-hybridized carbons (Fsp3) is 0.500. The van der Waals surface area contributed by atoms with Crippen molar-refractivity contribution in [3.05, 3.63) is 11.5 Å². The quantitative estimate of drug-likeness (QED) is 0.446. The molecule has 0 aliphatic carbocycles. The molecule has 0 spiro atoms. The maximum absolute atomic E-state index is 10.3. The van der Waals surface area contributed by atoms with Crippen molar-refractivity contribution in [2.24, 2.45) is 0 Å². The molecule has 0 saturated heterocycles. The Bertz CT molecular complexity index is 189. The summed E-state index contributed by atoms with van der Waals surface area (Å²) in [7, 11) is -3.26. The monoisotopic (exact) mass is 134 g/mol. The van der Waals surface area contributed by atoms with Crippen LogP contribution in [0.25, 0.3) is 0 Å². The Morgan fingerprint density at radius 1 is 1.50 bits per heavy atom. The largest absolute Gasteiger partial charge is 0.289 e. The minimum Gasteiger partial charge on any atom is -0.267 e. The summed E-state index contributed by atoms with van der Waals surface area (Å²) in [5, 5.41) is 1.08. The predicted octanol–water partition coefficient (Wildman–Crippen LogP) is 0.250. The van der Waals surface area contributed by atoms with Crippen LogP contribution in [0, 0.1) is 0 Å². The van der Waals surface area contributed by atoms with Crippen molar-refractivity contribution in [1.29, 1.82) is 0 Å². The van der Waals surface area contributed by atoms with Crippen molar-refractivity contribution in [2.75, 3.05) is 6.61 Å². The number of rotatable bonds is 0. The Morgan fingerprint density at radius 3 is 2.50 bits per heavy atom. The first-order valence-corrected chi connectivity index (χ1v) is 3.74. The lowest BCUT2D eigenvalue weighted by Gasteiger charge is -2.02. The first-order chi connectivity index (χ1) is 3.71. The SMILES string of the molecule is O=S1(=O)C=CCCO1. The standard InChI is InChI=1S/C4H6O3S/c5-8(6)4-2-1-3-7-8/h2,4H,1,3H2. The molecule has 0 aromatic heterocycles. The fourth-order valence-electron chi connectivity index (χ4n) is 0.457. The molecule has 46 valence electrons. The Balaban J connectivity index is 2.87. The van der Waals surface area contributed by atoms with Gasteiger partial charge >= 0.3 is 0 Å². The predicted molar refractivity (Wildman–Crippen MR) is 28.6 cm³/mol. The Morgan fingerprint density at radius 2 is 2.25 bits per heavy atom. The zero-order chi connectivity index (χ0) is 6.04. The summed E-state index contributed by atoms with van der Waals surface area (Å²) in [4.78, 5) is 0. The van der Waals surface area contributed by atoms with Crippen LogP contribution in [0.4, 0.5) is 0 Å². The third-order valence-corrected chi connectivity index (χ3v) is 1.82. The van der Waals surface area contributed by atoms with E-state index in [0.717, 1.165) is 5.41 Å². The van der Waals surface area contributed by atoms with E-state index in [0.29, 0.717) is 13.0 Å². The highest BCUT2D eigenvalue weighted by Crippen LogP contribution is 2.03. The molecule has 1 aliphatic rings. The van der Waals surface area contributed by atoms with Crippen LogP contribution in [0.1, 0.15) is 6.42 Å². The van der Waals surface area contributed by atoms with Gasteiger partial charge in [0.05, 0.1) is 12.0 Å². The van der Waals surface area contributed by atoms with Crippen molar-refractivity contribution in [3.63, 3.8) is 0 Å². The summed E-state index contributed by atoms with van der Waals surface area (Å²) in [6.07, 6.45) is 2.28. The summed E-state index contributed by atoms with van der Waals surface area (Å²) in [6, 6.07) is 0. The Kier molecular flexibility index (Phi) is 1.35. The maximum atomic E-state index is 10.3. The highest BCUT2D eigenvalue weighted by Gasteiger charge is 2.07. The lowest BCUT2D eigenvalue weighted by atomic mass is 10.5. The van der Waals surface area contributed by atoms with E-state index in [1.54, 1.807) is 6.08 Å². The summed E-state index contributed by atoms with van der Waals surface area (Å²) < 4.78 is 25.0. The first-order valence-electron chi connectivity index (χ1n) is 2.27. The lowest BCUT2D eigenvalue weighted by Crippen LogP contribution is -2.06. The topological polar surface area (TPSA) is 43.4 Å². The van der Waals surface area contributed by atoms with Crippen LogP contribution in [0.3, 0.4) is 0 Å². The van der Waals surface area contributed by atoms with Crippen molar-refractivity contribution < 1.29 is 12.6 Å². The third kappa shape index (κ3) is 1.31. The highest BCUT2D eigenvalue weighted by atomic mass is 32.2.